The number of nitrogen functional groups attached to an aromatic ring is 1. The minimum atomic E-state index is 0.657. The van der Waals surface area contributed by atoms with Gasteiger partial charge in [0.2, 0.25) is 0 Å². The number of rotatable bonds is 4. The highest BCUT2D eigenvalue weighted by atomic mass is 15.3. The van der Waals surface area contributed by atoms with E-state index < -0.39 is 0 Å². The Hall–Kier alpha value is -1.91. The van der Waals surface area contributed by atoms with Gasteiger partial charge < -0.3 is 5.73 Å². The highest BCUT2D eigenvalue weighted by Gasteiger charge is 2.12. The van der Waals surface area contributed by atoms with Crippen molar-refractivity contribution in [3.8, 4) is 11.4 Å². The Kier molecular flexibility index (Phi) is 3.37. The number of aryl methyl sites for hydroxylation is 2. The SMILES string of the molecule is CCCCn1cc(N)c(-c2nccnc2C)n1. The van der Waals surface area contributed by atoms with Crippen molar-refractivity contribution in [1.29, 1.82) is 0 Å². The summed E-state index contributed by atoms with van der Waals surface area (Å²) in [7, 11) is 0. The zero-order valence-electron chi connectivity index (χ0n) is 10.2. The van der Waals surface area contributed by atoms with Crippen LogP contribution >= 0.6 is 0 Å². The molecule has 17 heavy (non-hydrogen) atoms. The van der Waals surface area contributed by atoms with Crippen molar-refractivity contribution in [2.24, 2.45) is 0 Å². The third kappa shape index (κ3) is 2.43. The van der Waals surface area contributed by atoms with E-state index in [0.29, 0.717) is 5.69 Å². The maximum Gasteiger partial charge on any atom is 0.135 e. The normalized spacial score (nSPS) is 10.7. The molecule has 2 aromatic rings. The van der Waals surface area contributed by atoms with Gasteiger partial charge in [0, 0.05) is 25.1 Å². The zero-order valence-corrected chi connectivity index (χ0v) is 10.2. The maximum atomic E-state index is 5.96. The van der Waals surface area contributed by atoms with Gasteiger partial charge >= 0.3 is 0 Å². The fraction of sp³-hybridized carbons (Fsp3) is 0.417. The summed E-state index contributed by atoms with van der Waals surface area (Å²) in [5.74, 6) is 0. The van der Waals surface area contributed by atoms with E-state index in [1.165, 1.54) is 0 Å². The number of hydrogen-bond acceptors (Lipinski definition) is 4. The van der Waals surface area contributed by atoms with E-state index in [2.05, 4.69) is 22.0 Å². The fourth-order valence-corrected chi connectivity index (χ4v) is 1.70. The van der Waals surface area contributed by atoms with E-state index in [1.54, 1.807) is 12.4 Å². The Labute approximate surface area is 101 Å². The first kappa shape index (κ1) is 11.6. The first-order valence-corrected chi connectivity index (χ1v) is 5.83. The van der Waals surface area contributed by atoms with Gasteiger partial charge in [0.15, 0.2) is 0 Å². The van der Waals surface area contributed by atoms with Crippen LogP contribution in [0.2, 0.25) is 0 Å². The third-order valence-electron chi connectivity index (χ3n) is 2.64. The topological polar surface area (TPSA) is 69.6 Å². The van der Waals surface area contributed by atoms with Crippen LogP contribution in [0, 0.1) is 6.92 Å². The average Bonchev–Trinajstić information content (AvgIpc) is 2.68. The summed E-state index contributed by atoms with van der Waals surface area (Å²) in [6, 6.07) is 0. The van der Waals surface area contributed by atoms with Gasteiger partial charge in [0.05, 0.1) is 11.4 Å². The minimum absolute atomic E-state index is 0.657. The molecule has 5 heteroatoms. The molecule has 0 saturated heterocycles. The highest BCUT2D eigenvalue weighted by Crippen LogP contribution is 2.23. The molecule has 0 aromatic carbocycles. The molecule has 2 rings (SSSR count). The van der Waals surface area contributed by atoms with E-state index in [4.69, 9.17) is 5.73 Å². The molecule has 0 fully saturated rings. The van der Waals surface area contributed by atoms with Crippen molar-refractivity contribution in [3.05, 3.63) is 24.3 Å². The summed E-state index contributed by atoms with van der Waals surface area (Å²) in [4.78, 5) is 8.49. The molecule has 90 valence electrons. The van der Waals surface area contributed by atoms with E-state index in [1.807, 2.05) is 17.8 Å². The molecule has 0 spiro atoms. The Balaban J connectivity index is 2.33. The monoisotopic (exact) mass is 231 g/mol. The van der Waals surface area contributed by atoms with Crippen molar-refractivity contribution in [2.75, 3.05) is 5.73 Å². The average molecular weight is 231 g/mol. The van der Waals surface area contributed by atoms with Crippen molar-refractivity contribution < 1.29 is 0 Å². The summed E-state index contributed by atoms with van der Waals surface area (Å²) in [6.45, 7) is 4.95. The lowest BCUT2D eigenvalue weighted by atomic mass is 10.2. The molecule has 2 aromatic heterocycles. The van der Waals surface area contributed by atoms with Crippen LogP contribution in [0.3, 0.4) is 0 Å². The van der Waals surface area contributed by atoms with Crippen molar-refractivity contribution in [2.45, 2.75) is 33.2 Å². The van der Waals surface area contributed by atoms with Crippen LogP contribution < -0.4 is 5.73 Å². The second kappa shape index (κ2) is 4.95. The largest absolute Gasteiger partial charge is 0.396 e. The second-order valence-electron chi connectivity index (χ2n) is 4.04. The van der Waals surface area contributed by atoms with Crippen molar-refractivity contribution in [3.63, 3.8) is 0 Å². The molecule has 0 amide bonds. The molecule has 0 atom stereocenters. The number of hydrogen-bond donors (Lipinski definition) is 1. The highest BCUT2D eigenvalue weighted by molar-refractivity contribution is 5.70. The lowest BCUT2D eigenvalue weighted by Gasteiger charge is -2.00. The van der Waals surface area contributed by atoms with Gasteiger partial charge in [-0.05, 0) is 13.3 Å². The Morgan fingerprint density at radius 3 is 2.71 bits per heavy atom. The van der Waals surface area contributed by atoms with Gasteiger partial charge in [0.25, 0.3) is 0 Å². The lowest BCUT2D eigenvalue weighted by Crippen LogP contribution is -1.99. The van der Waals surface area contributed by atoms with Gasteiger partial charge in [-0.1, -0.05) is 13.3 Å². The van der Waals surface area contributed by atoms with Crippen LogP contribution in [0.15, 0.2) is 18.6 Å². The van der Waals surface area contributed by atoms with E-state index in [0.717, 1.165) is 36.5 Å². The Morgan fingerprint density at radius 2 is 2.00 bits per heavy atom. The van der Waals surface area contributed by atoms with Gasteiger partial charge in [0.1, 0.15) is 11.4 Å². The van der Waals surface area contributed by atoms with E-state index in [-0.39, 0.29) is 0 Å². The molecule has 0 aliphatic heterocycles. The van der Waals surface area contributed by atoms with E-state index in [9.17, 15) is 0 Å². The Bertz CT molecular complexity index is 503. The minimum Gasteiger partial charge on any atom is -0.396 e. The molecule has 0 aliphatic rings. The van der Waals surface area contributed by atoms with Gasteiger partial charge in [-0.2, -0.15) is 5.10 Å². The maximum absolute atomic E-state index is 5.96. The number of nitrogens with two attached hydrogens (primary N) is 1. The molecule has 0 aliphatic carbocycles. The molecule has 0 saturated carbocycles. The lowest BCUT2D eigenvalue weighted by molar-refractivity contribution is 0.573. The molecule has 5 nitrogen and oxygen atoms in total. The summed E-state index contributed by atoms with van der Waals surface area (Å²) >= 11 is 0. The molecule has 2 N–H and O–H groups in total. The molecule has 0 unspecified atom stereocenters. The zero-order chi connectivity index (χ0) is 12.3. The Morgan fingerprint density at radius 1 is 1.24 bits per heavy atom. The second-order valence-corrected chi connectivity index (χ2v) is 4.04. The van der Waals surface area contributed by atoms with Crippen molar-refractivity contribution >= 4 is 5.69 Å². The predicted octanol–water partition coefficient (Wildman–Crippen LogP) is 2.03. The standard InChI is InChI=1S/C12H17N5/c1-3-4-7-17-8-10(13)12(16-17)11-9(2)14-5-6-15-11/h5-6,8H,3-4,7,13H2,1-2H3. The summed E-state index contributed by atoms with van der Waals surface area (Å²) in [5.41, 5.74) is 8.96. The number of aromatic nitrogens is 4. The summed E-state index contributed by atoms with van der Waals surface area (Å²) in [5, 5.41) is 4.47. The van der Waals surface area contributed by atoms with Gasteiger partial charge in [-0.3, -0.25) is 14.6 Å². The first-order chi connectivity index (χ1) is 8.22. The molecular weight excluding hydrogens is 214 g/mol. The first-order valence-electron chi connectivity index (χ1n) is 5.83. The number of anilines is 1. The molecular formula is C12H17N5. The number of unbranched alkanes of at least 4 members (excludes halogenated alkanes) is 1. The molecule has 2 heterocycles. The predicted molar refractivity (Wildman–Crippen MR) is 67.3 cm³/mol. The van der Waals surface area contributed by atoms with Crippen LogP contribution in [0.5, 0.6) is 0 Å². The van der Waals surface area contributed by atoms with Gasteiger partial charge in [-0.25, -0.2) is 0 Å². The van der Waals surface area contributed by atoms with Crippen LogP contribution in [0.4, 0.5) is 5.69 Å². The van der Waals surface area contributed by atoms with Crippen molar-refractivity contribution in [1.82, 2.24) is 19.7 Å². The van der Waals surface area contributed by atoms with Crippen LogP contribution in [-0.4, -0.2) is 19.7 Å². The quantitative estimate of drug-likeness (QED) is 0.874. The number of nitrogens with zero attached hydrogens (tertiary/aromatic N) is 4. The summed E-state index contributed by atoms with van der Waals surface area (Å²) in [6.07, 6.45) is 7.42. The van der Waals surface area contributed by atoms with Crippen LogP contribution in [0.1, 0.15) is 25.5 Å². The van der Waals surface area contributed by atoms with E-state index >= 15 is 0 Å². The third-order valence-corrected chi connectivity index (χ3v) is 2.64. The van der Waals surface area contributed by atoms with Crippen LogP contribution in [0.25, 0.3) is 11.4 Å². The van der Waals surface area contributed by atoms with Crippen LogP contribution in [-0.2, 0) is 6.54 Å². The molecule has 0 radical (unpaired) electrons. The summed E-state index contributed by atoms with van der Waals surface area (Å²) < 4.78 is 1.88. The smallest absolute Gasteiger partial charge is 0.135 e. The molecule has 0 bridgehead atoms. The fourth-order valence-electron chi connectivity index (χ4n) is 1.70. The van der Waals surface area contributed by atoms with Gasteiger partial charge in [-0.15, -0.1) is 0 Å².